The molecule has 43 heavy (non-hydrogen) atoms. The maximum absolute atomic E-state index is 14.3. The van der Waals surface area contributed by atoms with E-state index in [1.165, 1.54) is 44.1 Å². The van der Waals surface area contributed by atoms with Gasteiger partial charge in [-0.2, -0.15) is 0 Å². The van der Waals surface area contributed by atoms with Crippen LogP contribution in [0, 0.1) is 56.2 Å². The van der Waals surface area contributed by atoms with Gasteiger partial charge in [0.25, 0.3) is 0 Å². The quantitative estimate of drug-likeness (QED) is 0.302. The number of rotatable bonds is 2. The van der Waals surface area contributed by atoms with Gasteiger partial charge in [-0.3, -0.25) is 9.59 Å². The highest BCUT2D eigenvalue weighted by Crippen LogP contribution is 2.72. The molecule has 1 heterocycles. The van der Waals surface area contributed by atoms with E-state index in [0.717, 1.165) is 44.9 Å². The molecule has 5 fully saturated rings. The number of Topliss-reactive ketones (excluding diaryl/α,β-unsaturated/α-hetero) is 2. The Morgan fingerprint density at radius 1 is 0.698 bits per heavy atom. The first-order valence-electron chi connectivity index (χ1n) is 17.9. The average Bonchev–Trinajstić information content (AvgIpc) is 2.98. The molecule has 0 unspecified atom stereocenters. The number of carbonyl (C=O) groups is 2. The molecule has 7 aliphatic rings. The van der Waals surface area contributed by atoms with Gasteiger partial charge in [-0.1, -0.05) is 53.7 Å². The van der Waals surface area contributed by atoms with Crippen molar-refractivity contribution in [2.45, 2.75) is 143 Å². The molecule has 0 saturated heterocycles. The third-order valence-corrected chi connectivity index (χ3v) is 16.5. The summed E-state index contributed by atoms with van der Waals surface area (Å²) in [6.07, 6.45) is 19.8. The van der Waals surface area contributed by atoms with Crippen molar-refractivity contribution in [2.24, 2.45) is 56.2 Å². The van der Waals surface area contributed by atoms with Crippen molar-refractivity contribution in [3.63, 3.8) is 0 Å². The second kappa shape index (κ2) is 9.22. The zero-order valence-corrected chi connectivity index (χ0v) is 28.2. The molecule has 11 atom stereocenters. The molecule has 0 aromatic heterocycles. The van der Waals surface area contributed by atoms with Gasteiger partial charge in [0.1, 0.15) is 0 Å². The van der Waals surface area contributed by atoms with Gasteiger partial charge in [0, 0.05) is 18.3 Å². The number of allylic oxidation sites excluding steroid dienone is 4. The molecule has 236 valence electrons. The van der Waals surface area contributed by atoms with Crippen molar-refractivity contribution in [3.8, 4) is 0 Å². The molecule has 0 radical (unpaired) electrons. The molecule has 1 spiro atoms. The number of hydrogen-bond donors (Lipinski definition) is 0. The summed E-state index contributed by atoms with van der Waals surface area (Å²) in [5.74, 6) is 3.21. The molecule has 0 aromatic rings. The summed E-state index contributed by atoms with van der Waals surface area (Å²) in [7, 11) is 0. The largest absolute Gasteiger partial charge is 0.475 e. The highest BCUT2D eigenvalue weighted by atomic mass is 16.5. The molecule has 5 saturated carbocycles. The van der Waals surface area contributed by atoms with E-state index in [4.69, 9.17) is 4.74 Å². The van der Waals surface area contributed by atoms with E-state index in [1.807, 2.05) is 0 Å². The molecular formula is C40H58O3. The van der Waals surface area contributed by atoms with Crippen molar-refractivity contribution in [1.82, 2.24) is 0 Å². The second-order valence-electron chi connectivity index (χ2n) is 18.4. The second-order valence-corrected chi connectivity index (χ2v) is 18.4. The number of ketones is 2. The van der Waals surface area contributed by atoms with E-state index in [1.54, 1.807) is 0 Å². The van der Waals surface area contributed by atoms with E-state index in [0.29, 0.717) is 42.3 Å². The zero-order chi connectivity index (χ0) is 30.8. The summed E-state index contributed by atoms with van der Waals surface area (Å²) >= 11 is 0. The third kappa shape index (κ3) is 3.78. The average molecular weight is 587 g/mol. The summed E-state index contributed by atoms with van der Waals surface area (Å²) in [6.45, 7) is 23.1. The lowest BCUT2D eigenvalue weighted by Crippen LogP contribution is -2.68. The standard InChI is InChI=1S/C40H58O3/c1-9-34(3)19-21-36(5)27(25-34)14-17-39(8)30(36)11-12-32(42)40(39)18-15-28-33(43-40)29(41)23-31-37(6)22-20-35(4,10-2)24-26(37)13-16-38(28,31)7/h9-10,26-27,30-31H,1-2,11-25H2,3-8H3/t26-,27-,30+,31+,34-,35-,36-,37-,38+,39-,40+/m0/s1. The summed E-state index contributed by atoms with van der Waals surface area (Å²) in [5.41, 5.74) is 0.999. The van der Waals surface area contributed by atoms with Gasteiger partial charge in [0.2, 0.25) is 0 Å². The lowest BCUT2D eigenvalue weighted by molar-refractivity contribution is -0.222. The fraction of sp³-hybridized carbons (Fsp3) is 0.800. The van der Waals surface area contributed by atoms with Crippen LogP contribution in [0.3, 0.4) is 0 Å². The number of carbonyl (C=O) groups excluding carboxylic acids is 2. The van der Waals surface area contributed by atoms with Crippen molar-refractivity contribution >= 4 is 11.6 Å². The molecule has 0 amide bonds. The number of fused-ring (bicyclic) bond motifs is 8. The number of ether oxygens (including phenoxy) is 1. The van der Waals surface area contributed by atoms with Crippen LogP contribution in [0.15, 0.2) is 36.6 Å². The minimum atomic E-state index is -0.849. The summed E-state index contributed by atoms with van der Waals surface area (Å²) < 4.78 is 7.19. The normalized spacial score (nSPS) is 54.4. The van der Waals surface area contributed by atoms with Crippen LogP contribution in [0.1, 0.15) is 138 Å². The Morgan fingerprint density at radius 3 is 1.88 bits per heavy atom. The lowest BCUT2D eigenvalue weighted by Gasteiger charge is -2.67. The lowest BCUT2D eigenvalue weighted by atomic mass is 9.39. The van der Waals surface area contributed by atoms with E-state index in [9.17, 15) is 9.59 Å². The molecule has 0 N–H and O–H groups in total. The first-order valence-corrected chi connectivity index (χ1v) is 17.9. The maximum Gasteiger partial charge on any atom is 0.197 e. The van der Waals surface area contributed by atoms with Crippen LogP contribution in [0.4, 0.5) is 0 Å². The van der Waals surface area contributed by atoms with Crippen LogP contribution in [0.25, 0.3) is 0 Å². The van der Waals surface area contributed by atoms with Gasteiger partial charge < -0.3 is 4.74 Å². The molecule has 6 aliphatic carbocycles. The van der Waals surface area contributed by atoms with Crippen molar-refractivity contribution in [2.75, 3.05) is 0 Å². The van der Waals surface area contributed by atoms with Crippen molar-refractivity contribution in [3.05, 3.63) is 36.6 Å². The third-order valence-electron chi connectivity index (χ3n) is 16.5. The van der Waals surface area contributed by atoms with Gasteiger partial charge in [0.15, 0.2) is 22.9 Å². The Hall–Kier alpha value is -1.64. The maximum atomic E-state index is 14.3. The SMILES string of the molecule is C=C[C@@]1(C)CC[C@@]2(C)[C@@H](CC[C@@]3(C)[C@@H]2CCC(=O)[C@]32CCC3=C(O2)C(=O)C[C@@H]2[C@@]4(C)CC[C@](C)(C=C)C[C@@H]4CC[C@]32C)C1. The van der Waals surface area contributed by atoms with Gasteiger partial charge in [0.05, 0.1) is 0 Å². The molecule has 1 aliphatic heterocycles. The minimum Gasteiger partial charge on any atom is -0.475 e. The van der Waals surface area contributed by atoms with E-state index in [2.05, 4.69) is 66.9 Å². The molecule has 0 bridgehead atoms. The van der Waals surface area contributed by atoms with Gasteiger partial charge >= 0.3 is 0 Å². The predicted molar refractivity (Wildman–Crippen MR) is 173 cm³/mol. The summed E-state index contributed by atoms with van der Waals surface area (Å²) in [6, 6.07) is 0. The Labute approximate surface area is 261 Å². The van der Waals surface area contributed by atoms with Crippen LogP contribution in [0.5, 0.6) is 0 Å². The number of hydrogen-bond acceptors (Lipinski definition) is 3. The molecule has 3 nitrogen and oxygen atoms in total. The fourth-order valence-electron chi connectivity index (χ4n) is 13.3. The summed E-state index contributed by atoms with van der Waals surface area (Å²) in [4.78, 5) is 28.5. The van der Waals surface area contributed by atoms with E-state index >= 15 is 0 Å². The Kier molecular flexibility index (Phi) is 6.44. The highest BCUT2D eigenvalue weighted by molar-refractivity contribution is 5.98. The fourth-order valence-corrected chi connectivity index (χ4v) is 13.3. The van der Waals surface area contributed by atoms with E-state index < -0.39 is 5.60 Å². The van der Waals surface area contributed by atoms with Crippen LogP contribution >= 0.6 is 0 Å². The van der Waals surface area contributed by atoms with Crippen molar-refractivity contribution < 1.29 is 14.3 Å². The molecule has 3 heteroatoms. The van der Waals surface area contributed by atoms with Gasteiger partial charge in [-0.15, -0.1) is 13.2 Å². The van der Waals surface area contributed by atoms with Crippen LogP contribution in [-0.4, -0.2) is 17.2 Å². The Balaban J connectivity index is 1.23. The predicted octanol–water partition coefficient (Wildman–Crippen LogP) is 9.96. The van der Waals surface area contributed by atoms with Crippen LogP contribution < -0.4 is 0 Å². The first kappa shape index (κ1) is 30.0. The van der Waals surface area contributed by atoms with E-state index in [-0.39, 0.29) is 44.1 Å². The van der Waals surface area contributed by atoms with Gasteiger partial charge in [-0.25, -0.2) is 0 Å². The molecular weight excluding hydrogens is 528 g/mol. The monoisotopic (exact) mass is 586 g/mol. The highest BCUT2D eigenvalue weighted by Gasteiger charge is 2.70. The molecule has 7 rings (SSSR count). The smallest absolute Gasteiger partial charge is 0.197 e. The first-order chi connectivity index (χ1) is 20.1. The zero-order valence-electron chi connectivity index (χ0n) is 28.2. The van der Waals surface area contributed by atoms with Crippen molar-refractivity contribution in [1.29, 1.82) is 0 Å². The minimum absolute atomic E-state index is 0.0157. The van der Waals surface area contributed by atoms with Gasteiger partial charge in [-0.05, 0) is 140 Å². The molecule has 0 aromatic carbocycles. The van der Waals surface area contributed by atoms with Crippen LogP contribution in [-0.2, 0) is 14.3 Å². The summed E-state index contributed by atoms with van der Waals surface area (Å²) in [5, 5.41) is 0. The Morgan fingerprint density at radius 2 is 1.28 bits per heavy atom. The Bertz CT molecular complexity index is 1310. The van der Waals surface area contributed by atoms with Crippen LogP contribution in [0.2, 0.25) is 0 Å². The topological polar surface area (TPSA) is 43.4 Å².